The molecule has 0 aliphatic heterocycles. The SMILES string of the molecule is CCc1c(C)sc(NC(=O)[C@@H]2[C@@H](C(=O)[O-])[C@H]3C=C[C@@H]2C3)c1C(=O)OC(C)C. The van der Waals surface area contributed by atoms with Crippen LogP contribution in [0.15, 0.2) is 12.2 Å². The maximum absolute atomic E-state index is 12.9. The number of rotatable bonds is 6. The summed E-state index contributed by atoms with van der Waals surface area (Å²) in [6, 6.07) is 0. The molecule has 2 aliphatic carbocycles. The van der Waals surface area contributed by atoms with Gasteiger partial charge in [-0.15, -0.1) is 11.3 Å². The first-order valence-corrected chi connectivity index (χ1v) is 10.1. The van der Waals surface area contributed by atoms with Crippen molar-refractivity contribution >= 4 is 34.2 Å². The number of amides is 1. The Morgan fingerprint density at radius 1 is 1.26 bits per heavy atom. The lowest BCUT2D eigenvalue weighted by Gasteiger charge is -2.27. The monoisotopic (exact) mass is 390 g/mol. The minimum Gasteiger partial charge on any atom is -0.550 e. The molecule has 1 aromatic heterocycles. The quantitative estimate of drug-likeness (QED) is 0.594. The zero-order chi connectivity index (χ0) is 19.9. The Morgan fingerprint density at radius 2 is 1.89 bits per heavy atom. The van der Waals surface area contributed by atoms with Gasteiger partial charge in [-0.05, 0) is 51.0 Å². The number of carboxylic acid groups (broad SMARTS) is 1. The summed E-state index contributed by atoms with van der Waals surface area (Å²) in [5, 5.41) is 14.8. The standard InChI is InChI=1S/C20H25NO5S/c1-5-13-10(4)27-18(16(13)20(25)26-9(2)3)21-17(22)14-11-6-7-12(8-11)15(14)19(23)24/h6-7,9,11-12,14-15H,5,8H2,1-4H3,(H,21,22)(H,23,24)/p-1/t11-,12+,14+,15+/m1/s1. The Hall–Kier alpha value is -2.15. The number of carbonyl (C=O) groups is 3. The van der Waals surface area contributed by atoms with Gasteiger partial charge in [-0.2, -0.15) is 0 Å². The van der Waals surface area contributed by atoms with E-state index in [9.17, 15) is 19.5 Å². The minimum absolute atomic E-state index is 0.101. The van der Waals surface area contributed by atoms with E-state index in [1.54, 1.807) is 13.8 Å². The van der Waals surface area contributed by atoms with Crippen molar-refractivity contribution in [3.63, 3.8) is 0 Å². The van der Waals surface area contributed by atoms with Crippen LogP contribution in [0.25, 0.3) is 0 Å². The molecule has 2 bridgehead atoms. The van der Waals surface area contributed by atoms with E-state index < -0.39 is 23.8 Å². The predicted octanol–water partition coefficient (Wildman–Crippen LogP) is 2.31. The average molecular weight is 390 g/mol. The number of nitrogens with one attached hydrogen (secondary N) is 1. The lowest BCUT2D eigenvalue weighted by Crippen LogP contribution is -2.42. The summed E-state index contributed by atoms with van der Waals surface area (Å²) in [5.41, 5.74) is 1.23. The van der Waals surface area contributed by atoms with E-state index in [-0.39, 0.29) is 23.8 Å². The predicted molar refractivity (Wildman–Crippen MR) is 100 cm³/mol. The first-order valence-electron chi connectivity index (χ1n) is 9.27. The number of carboxylic acids is 1. The molecule has 1 amide bonds. The highest BCUT2D eigenvalue weighted by Gasteiger charge is 2.49. The summed E-state index contributed by atoms with van der Waals surface area (Å²) in [7, 11) is 0. The molecular weight excluding hydrogens is 366 g/mol. The van der Waals surface area contributed by atoms with E-state index in [0.29, 0.717) is 23.4 Å². The van der Waals surface area contributed by atoms with Crippen molar-refractivity contribution in [1.82, 2.24) is 0 Å². The number of hydrogen-bond donors (Lipinski definition) is 1. The van der Waals surface area contributed by atoms with Gasteiger partial charge in [-0.1, -0.05) is 19.1 Å². The molecule has 7 heteroatoms. The van der Waals surface area contributed by atoms with Gasteiger partial charge >= 0.3 is 5.97 Å². The number of allylic oxidation sites excluding steroid dienone is 2. The van der Waals surface area contributed by atoms with Crippen molar-refractivity contribution in [2.45, 2.75) is 46.6 Å². The lowest BCUT2D eigenvalue weighted by molar-refractivity contribution is -0.313. The maximum Gasteiger partial charge on any atom is 0.341 e. The first kappa shape index (κ1) is 19.6. The number of hydrogen-bond acceptors (Lipinski definition) is 6. The fraction of sp³-hybridized carbons (Fsp3) is 0.550. The molecule has 1 heterocycles. The minimum atomic E-state index is -1.19. The number of aliphatic carboxylic acids is 1. The van der Waals surface area contributed by atoms with E-state index in [1.807, 2.05) is 26.0 Å². The molecule has 0 radical (unpaired) electrons. The fourth-order valence-electron chi connectivity index (χ4n) is 4.28. The van der Waals surface area contributed by atoms with Crippen LogP contribution < -0.4 is 10.4 Å². The van der Waals surface area contributed by atoms with Crippen molar-refractivity contribution in [2.75, 3.05) is 5.32 Å². The van der Waals surface area contributed by atoms with E-state index in [4.69, 9.17) is 4.74 Å². The second kappa shape index (κ2) is 7.46. The average Bonchev–Trinajstić information content (AvgIpc) is 3.25. The largest absolute Gasteiger partial charge is 0.550 e. The number of ether oxygens (including phenoxy) is 1. The van der Waals surface area contributed by atoms with Gasteiger partial charge in [-0.25, -0.2) is 4.79 Å². The van der Waals surface area contributed by atoms with Crippen molar-refractivity contribution in [2.24, 2.45) is 23.7 Å². The van der Waals surface area contributed by atoms with Gasteiger partial charge in [0.15, 0.2) is 0 Å². The van der Waals surface area contributed by atoms with Crippen LogP contribution in [0, 0.1) is 30.6 Å². The molecule has 3 rings (SSSR count). The number of carbonyl (C=O) groups excluding carboxylic acids is 3. The molecule has 0 spiro atoms. The third kappa shape index (κ3) is 3.52. The number of thiophene rings is 1. The molecule has 0 saturated heterocycles. The molecular formula is C20H24NO5S-. The third-order valence-electron chi connectivity index (χ3n) is 5.38. The second-order valence-corrected chi connectivity index (χ2v) is 8.68. The van der Waals surface area contributed by atoms with Crippen LogP contribution in [0.5, 0.6) is 0 Å². The van der Waals surface area contributed by atoms with E-state index in [1.165, 1.54) is 11.3 Å². The summed E-state index contributed by atoms with van der Waals surface area (Å²) in [4.78, 5) is 38.0. The van der Waals surface area contributed by atoms with Gasteiger partial charge in [0.25, 0.3) is 0 Å². The summed E-state index contributed by atoms with van der Waals surface area (Å²) in [6.45, 7) is 7.38. The topological polar surface area (TPSA) is 95.5 Å². The second-order valence-electron chi connectivity index (χ2n) is 7.46. The first-order chi connectivity index (χ1) is 12.7. The van der Waals surface area contributed by atoms with Gasteiger partial charge in [-0.3, -0.25) is 4.79 Å². The van der Waals surface area contributed by atoms with Crippen molar-refractivity contribution in [3.8, 4) is 0 Å². The number of fused-ring (bicyclic) bond motifs is 2. The third-order valence-corrected chi connectivity index (χ3v) is 6.44. The normalized spacial score (nSPS) is 25.8. The molecule has 1 fully saturated rings. The van der Waals surface area contributed by atoms with Gasteiger partial charge in [0.2, 0.25) is 5.91 Å². The summed E-state index contributed by atoms with van der Waals surface area (Å²) >= 11 is 1.32. The molecule has 0 unspecified atom stereocenters. The van der Waals surface area contributed by atoms with Crippen LogP contribution in [0.4, 0.5) is 5.00 Å². The molecule has 1 saturated carbocycles. The fourth-order valence-corrected chi connectivity index (χ4v) is 5.41. The molecule has 1 aromatic rings. The highest BCUT2D eigenvalue weighted by Crippen LogP contribution is 2.48. The molecule has 0 aromatic carbocycles. The van der Waals surface area contributed by atoms with Crippen LogP contribution in [-0.4, -0.2) is 23.9 Å². The Bertz CT molecular complexity index is 810. The zero-order valence-electron chi connectivity index (χ0n) is 15.9. The Morgan fingerprint density at radius 3 is 2.44 bits per heavy atom. The van der Waals surface area contributed by atoms with Gasteiger partial charge < -0.3 is 20.0 Å². The summed E-state index contributed by atoms with van der Waals surface area (Å²) in [5.74, 6) is -3.78. The van der Waals surface area contributed by atoms with Crippen LogP contribution in [-0.2, 0) is 20.7 Å². The van der Waals surface area contributed by atoms with E-state index in [0.717, 1.165) is 10.4 Å². The summed E-state index contributed by atoms with van der Waals surface area (Å²) < 4.78 is 5.35. The summed E-state index contributed by atoms with van der Waals surface area (Å²) in [6.07, 6.45) is 4.80. The van der Waals surface area contributed by atoms with Crippen molar-refractivity contribution in [1.29, 1.82) is 0 Å². The van der Waals surface area contributed by atoms with Gasteiger partial charge in [0, 0.05) is 16.8 Å². The van der Waals surface area contributed by atoms with Crippen LogP contribution >= 0.6 is 11.3 Å². The van der Waals surface area contributed by atoms with E-state index in [2.05, 4.69) is 5.32 Å². The zero-order valence-corrected chi connectivity index (χ0v) is 16.7. The van der Waals surface area contributed by atoms with E-state index >= 15 is 0 Å². The molecule has 4 atom stereocenters. The van der Waals surface area contributed by atoms with Crippen molar-refractivity contribution in [3.05, 3.63) is 28.2 Å². The highest BCUT2D eigenvalue weighted by molar-refractivity contribution is 7.16. The highest BCUT2D eigenvalue weighted by atomic mass is 32.1. The molecule has 1 N–H and O–H groups in total. The maximum atomic E-state index is 12.9. The molecule has 6 nitrogen and oxygen atoms in total. The number of esters is 1. The van der Waals surface area contributed by atoms with Crippen LogP contribution in [0.2, 0.25) is 0 Å². The smallest absolute Gasteiger partial charge is 0.341 e. The van der Waals surface area contributed by atoms with Crippen LogP contribution in [0.3, 0.4) is 0 Å². The van der Waals surface area contributed by atoms with Gasteiger partial charge in [0.05, 0.1) is 17.6 Å². The number of aryl methyl sites for hydroxylation is 1. The Kier molecular flexibility index (Phi) is 5.42. The molecule has 146 valence electrons. The Balaban J connectivity index is 1.89. The number of anilines is 1. The van der Waals surface area contributed by atoms with Crippen LogP contribution in [0.1, 0.15) is 48.0 Å². The van der Waals surface area contributed by atoms with Crippen molar-refractivity contribution < 1.29 is 24.2 Å². The lowest BCUT2D eigenvalue weighted by atomic mass is 9.82. The molecule has 2 aliphatic rings. The van der Waals surface area contributed by atoms with Gasteiger partial charge in [0.1, 0.15) is 5.00 Å². The molecule has 27 heavy (non-hydrogen) atoms. The Labute approximate surface area is 162 Å².